The van der Waals surface area contributed by atoms with Gasteiger partial charge in [0.2, 0.25) is 11.8 Å². The van der Waals surface area contributed by atoms with Crippen LogP contribution in [0.1, 0.15) is 36.0 Å². The molecule has 1 atom stereocenters. The number of carbonyl (C=O) groups excluding carboxylic acids is 3. The average Bonchev–Trinajstić information content (AvgIpc) is 2.83. The van der Waals surface area contributed by atoms with Gasteiger partial charge in [-0.05, 0) is 49.4 Å². The molecule has 0 fully saturated rings. The van der Waals surface area contributed by atoms with Crippen molar-refractivity contribution in [3.8, 4) is 5.75 Å². The molecule has 0 aromatic heterocycles. The minimum Gasteiger partial charge on any atom is -0.494 e. The Morgan fingerprint density at radius 1 is 1.03 bits per heavy atom. The number of rotatable bonds is 14. The first-order valence-electron chi connectivity index (χ1n) is 11.2. The van der Waals surface area contributed by atoms with Gasteiger partial charge in [0, 0.05) is 24.1 Å². The fourth-order valence-corrected chi connectivity index (χ4v) is 3.06. The summed E-state index contributed by atoms with van der Waals surface area (Å²) < 4.78 is 5.49. The van der Waals surface area contributed by atoms with E-state index in [0.29, 0.717) is 42.3 Å². The third kappa shape index (κ3) is 9.81. The van der Waals surface area contributed by atoms with Crippen molar-refractivity contribution in [2.45, 2.75) is 31.7 Å². The number of carboxylic acid groups (broad SMARTS) is 1. The van der Waals surface area contributed by atoms with Gasteiger partial charge >= 0.3 is 5.97 Å². The van der Waals surface area contributed by atoms with E-state index in [9.17, 15) is 19.2 Å². The number of nitrogens with one attached hydrogen (secondary N) is 2. The van der Waals surface area contributed by atoms with E-state index in [2.05, 4.69) is 15.6 Å². The van der Waals surface area contributed by atoms with Crippen LogP contribution in [0.15, 0.2) is 53.5 Å². The van der Waals surface area contributed by atoms with Crippen LogP contribution < -0.4 is 32.6 Å². The third-order valence-corrected chi connectivity index (χ3v) is 4.77. The van der Waals surface area contributed by atoms with Crippen molar-refractivity contribution < 1.29 is 29.0 Å². The SMILES string of the molecule is NCCCOc1ccc(NC(=O)[C@H](CC(=O)O)NC(=O)CCC(=O)c2cccc(N=C(N)N)c2)cc1. The van der Waals surface area contributed by atoms with Gasteiger partial charge in [0.25, 0.3) is 0 Å². The van der Waals surface area contributed by atoms with Crippen molar-refractivity contribution in [3.05, 3.63) is 54.1 Å². The van der Waals surface area contributed by atoms with Crippen molar-refractivity contribution in [2.24, 2.45) is 22.2 Å². The van der Waals surface area contributed by atoms with Crippen LogP contribution in [0.25, 0.3) is 0 Å². The molecular weight excluding hydrogens is 468 g/mol. The second-order valence-corrected chi connectivity index (χ2v) is 7.73. The highest BCUT2D eigenvalue weighted by Gasteiger charge is 2.24. The standard InChI is InChI=1S/C24H30N6O6/c25-11-2-12-36-18-7-5-16(6-8-18)28-23(35)19(14-22(33)34)30-21(32)10-9-20(31)15-3-1-4-17(13-15)29-24(26)27/h1,3-8,13,19H,2,9-12,14,25H2,(H,28,35)(H,30,32)(H,33,34)(H4,26,27,29)/t19-/m0/s1. The topological polar surface area (TPSA) is 212 Å². The molecule has 12 heteroatoms. The molecular formula is C24H30N6O6. The Morgan fingerprint density at radius 2 is 1.75 bits per heavy atom. The number of nitrogens with two attached hydrogens (primary N) is 3. The van der Waals surface area contributed by atoms with Crippen LogP contribution in [0.2, 0.25) is 0 Å². The van der Waals surface area contributed by atoms with Crippen molar-refractivity contribution in [2.75, 3.05) is 18.5 Å². The van der Waals surface area contributed by atoms with E-state index >= 15 is 0 Å². The fourth-order valence-electron chi connectivity index (χ4n) is 3.06. The predicted octanol–water partition coefficient (Wildman–Crippen LogP) is 0.880. The number of anilines is 1. The number of aliphatic imine (C=N–C) groups is 1. The summed E-state index contributed by atoms with van der Waals surface area (Å²) in [5.41, 5.74) is 17.2. The first kappa shape index (κ1) is 27.8. The quantitative estimate of drug-likeness (QED) is 0.0942. The van der Waals surface area contributed by atoms with Gasteiger partial charge in [-0.25, -0.2) is 4.99 Å². The van der Waals surface area contributed by atoms with Crippen molar-refractivity contribution in [3.63, 3.8) is 0 Å². The number of carbonyl (C=O) groups is 4. The summed E-state index contributed by atoms with van der Waals surface area (Å²) in [7, 11) is 0. The largest absolute Gasteiger partial charge is 0.494 e. The van der Waals surface area contributed by atoms with Crippen molar-refractivity contribution >= 4 is 40.9 Å². The summed E-state index contributed by atoms with van der Waals surface area (Å²) in [6.07, 6.45) is -0.342. The molecule has 0 heterocycles. The molecule has 0 aliphatic heterocycles. The minimum atomic E-state index is -1.34. The zero-order valence-corrected chi connectivity index (χ0v) is 19.6. The first-order valence-corrected chi connectivity index (χ1v) is 11.2. The van der Waals surface area contributed by atoms with Crippen LogP contribution in [0.5, 0.6) is 5.75 Å². The van der Waals surface area contributed by atoms with Crippen molar-refractivity contribution in [1.29, 1.82) is 0 Å². The molecule has 0 aliphatic carbocycles. The van der Waals surface area contributed by atoms with Gasteiger partial charge < -0.3 is 37.7 Å². The summed E-state index contributed by atoms with van der Waals surface area (Å²) in [6.45, 7) is 0.963. The van der Waals surface area contributed by atoms with Crippen LogP contribution in [0.3, 0.4) is 0 Å². The number of hydrogen-bond acceptors (Lipinski definition) is 7. The molecule has 0 radical (unpaired) electrons. The van der Waals surface area contributed by atoms with Gasteiger partial charge in [0.1, 0.15) is 11.8 Å². The lowest BCUT2D eigenvalue weighted by Crippen LogP contribution is -2.45. The van der Waals surface area contributed by atoms with E-state index in [1.165, 1.54) is 6.07 Å². The monoisotopic (exact) mass is 498 g/mol. The second kappa shape index (κ2) is 14.1. The Bertz CT molecular complexity index is 1100. The van der Waals surface area contributed by atoms with Gasteiger partial charge in [-0.2, -0.15) is 0 Å². The highest BCUT2D eigenvalue weighted by atomic mass is 16.5. The zero-order chi connectivity index (χ0) is 26.5. The number of benzene rings is 2. The molecule has 0 saturated heterocycles. The molecule has 0 saturated carbocycles. The molecule has 0 unspecified atom stereocenters. The highest BCUT2D eigenvalue weighted by molar-refractivity contribution is 6.01. The van der Waals surface area contributed by atoms with Gasteiger partial charge in [-0.1, -0.05) is 12.1 Å². The molecule has 2 aromatic rings. The van der Waals surface area contributed by atoms with E-state index in [-0.39, 0.29) is 24.6 Å². The van der Waals surface area contributed by atoms with E-state index < -0.39 is 30.2 Å². The number of nitrogens with zero attached hydrogens (tertiary/aromatic N) is 1. The summed E-state index contributed by atoms with van der Waals surface area (Å²) >= 11 is 0. The number of ether oxygens (including phenoxy) is 1. The van der Waals surface area contributed by atoms with Crippen LogP contribution in [0.4, 0.5) is 11.4 Å². The molecule has 0 spiro atoms. The Hall–Kier alpha value is -4.45. The maximum atomic E-state index is 12.6. The van der Waals surface area contributed by atoms with Crippen LogP contribution in [0, 0.1) is 0 Å². The van der Waals surface area contributed by atoms with Gasteiger partial charge in [0.15, 0.2) is 11.7 Å². The van der Waals surface area contributed by atoms with E-state index in [0.717, 1.165) is 0 Å². The minimum absolute atomic E-state index is 0.159. The average molecular weight is 499 g/mol. The van der Waals surface area contributed by atoms with Crippen LogP contribution >= 0.6 is 0 Å². The number of aliphatic carboxylic acids is 1. The summed E-state index contributed by atoms with van der Waals surface area (Å²) in [4.78, 5) is 52.6. The van der Waals surface area contributed by atoms with Gasteiger partial charge in [-0.15, -0.1) is 0 Å². The summed E-state index contributed by atoms with van der Waals surface area (Å²) in [5, 5.41) is 14.1. The van der Waals surface area contributed by atoms with Crippen molar-refractivity contribution in [1.82, 2.24) is 5.32 Å². The van der Waals surface area contributed by atoms with Crippen LogP contribution in [-0.4, -0.2) is 53.8 Å². The lowest BCUT2D eigenvalue weighted by Gasteiger charge is -2.17. The molecule has 12 nitrogen and oxygen atoms in total. The van der Waals surface area contributed by atoms with Crippen LogP contribution in [-0.2, 0) is 14.4 Å². The number of carboxylic acids is 1. The number of Topliss-reactive ketones (excluding diaryl/α,β-unsaturated/α-hetero) is 1. The third-order valence-electron chi connectivity index (χ3n) is 4.77. The number of guanidine groups is 1. The zero-order valence-electron chi connectivity index (χ0n) is 19.6. The maximum Gasteiger partial charge on any atom is 0.305 e. The summed E-state index contributed by atoms with van der Waals surface area (Å²) in [6, 6.07) is 11.4. The predicted molar refractivity (Wildman–Crippen MR) is 134 cm³/mol. The lowest BCUT2D eigenvalue weighted by atomic mass is 10.1. The first-order chi connectivity index (χ1) is 17.2. The summed E-state index contributed by atoms with van der Waals surface area (Å²) in [5.74, 6) is -2.54. The molecule has 36 heavy (non-hydrogen) atoms. The molecule has 192 valence electrons. The Morgan fingerprint density at radius 3 is 2.39 bits per heavy atom. The van der Waals surface area contributed by atoms with Gasteiger partial charge in [0.05, 0.1) is 18.7 Å². The Kier molecular flexibility index (Phi) is 10.9. The molecule has 2 amide bonds. The van der Waals surface area contributed by atoms with E-state index in [1.807, 2.05) is 0 Å². The molecule has 2 aromatic carbocycles. The number of amides is 2. The highest BCUT2D eigenvalue weighted by Crippen LogP contribution is 2.17. The fraction of sp³-hybridized carbons (Fsp3) is 0.292. The molecule has 0 bridgehead atoms. The molecule has 9 N–H and O–H groups in total. The lowest BCUT2D eigenvalue weighted by molar-refractivity contribution is -0.139. The van der Waals surface area contributed by atoms with E-state index in [1.54, 1.807) is 42.5 Å². The maximum absolute atomic E-state index is 12.6. The Balaban J connectivity index is 1.94. The smallest absolute Gasteiger partial charge is 0.305 e. The number of hydrogen-bond donors (Lipinski definition) is 6. The number of ketones is 1. The second-order valence-electron chi connectivity index (χ2n) is 7.73. The molecule has 0 aliphatic rings. The van der Waals surface area contributed by atoms with E-state index in [4.69, 9.17) is 27.0 Å². The normalized spacial score (nSPS) is 11.1. The van der Waals surface area contributed by atoms with Gasteiger partial charge in [-0.3, -0.25) is 19.2 Å². The Labute approximate surface area is 207 Å². The molecule has 2 rings (SSSR count).